The predicted molar refractivity (Wildman–Crippen MR) is 113 cm³/mol. The zero-order valence-electron chi connectivity index (χ0n) is 17.8. The van der Waals surface area contributed by atoms with Crippen molar-refractivity contribution >= 4 is 17.4 Å². The number of nitrogens with one attached hydrogen (secondary N) is 1. The molecule has 12 heteroatoms. The van der Waals surface area contributed by atoms with Gasteiger partial charge in [0.25, 0.3) is 5.91 Å². The molecule has 3 N–H and O–H groups in total. The molecule has 3 heterocycles. The van der Waals surface area contributed by atoms with Gasteiger partial charge in [-0.15, -0.1) is 5.10 Å². The zero-order chi connectivity index (χ0) is 22.7. The fourth-order valence-electron chi connectivity index (χ4n) is 3.66. The maximum atomic E-state index is 13.1. The number of likely N-dealkylation sites (tertiary alicyclic amines) is 1. The summed E-state index contributed by atoms with van der Waals surface area (Å²) in [7, 11) is 0. The number of carbonyl (C=O) groups is 1. The third-order valence-electron chi connectivity index (χ3n) is 5.56. The van der Waals surface area contributed by atoms with Gasteiger partial charge < -0.3 is 5.73 Å². The molecule has 1 saturated heterocycles. The molecule has 2 aromatic heterocycles. The second-order valence-corrected chi connectivity index (χ2v) is 7.73. The number of rotatable bonds is 6. The van der Waals surface area contributed by atoms with Crippen molar-refractivity contribution in [3.8, 4) is 5.82 Å². The molecule has 4 rings (SSSR count). The van der Waals surface area contributed by atoms with Crippen LogP contribution >= 0.6 is 0 Å². The second kappa shape index (κ2) is 9.22. The van der Waals surface area contributed by atoms with Gasteiger partial charge in [-0.3, -0.25) is 9.69 Å². The Labute approximate surface area is 183 Å². The minimum absolute atomic E-state index is 0.0416. The van der Waals surface area contributed by atoms with Gasteiger partial charge in [-0.1, -0.05) is 23.8 Å². The van der Waals surface area contributed by atoms with Gasteiger partial charge in [-0.25, -0.2) is 14.4 Å². The molecule has 1 aliphatic heterocycles. The molecular formula is C20H24FN9O2. The molecule has 0 aliphatic carbocycles. The molecule has 168 valence electrons. The van der Waals surface area contributed by atoms with Crippen LogP contribution in [0.1, 0.15) is 54.9 Å². The van der Waals surface area contributed by atoms with E-state index in [9.17, 15) is 9.18 Å². The standard InChI is InChI=1S/C20H24FN9O2/c1-12-5-3-4-10-29(12)11-16-17(24-28-30(16)19-18(22)26-32-27-19)20(31)25-23-13(2)14-6-8-15(21)9-7-14/h6-9,12H,3-5,10-11H2,1-2H3,(H2,22,26)(H,25,31)/b23-13+/t12-/m1/s1. The summed E-state index contributed by atoms with van der Waals surface area (Å²) < 4.78 is 19.2. The van der Waals surface area contributed by atoms with E-state index in [4.69, 9.17) is 10.4 Å². The van der Waals surface area contributed by atoms with Crippen molar-refractivity contribution < 1.29 is 13.8 Å². The Hall–Kier alpha value is -3.67. The quantitative estimate of drug-likeness (QED) is 0.437. The number of piperidine rings is 1. The SMILES string of the molecule is C/C(=N\NC(=O)c1nnn(-c2nonc2N)c1CN1CCCC[C@H]1C)c1ccc(F)cc1. The number of halogens is 1. The van der Waals surface area contributed by atoms with E-state index in [0.717, 1.165) is 19.4 Å². The molecule has 0 bridgehead atoms. The first kappa shape index (κ1) is 21.6. The largest absolute Gasteiger partial charge is 0.378 e. The number of hydrogen-bond acceptors (Lipinski definition) is 9. The minimum Gasteiger partial charge on any atom is -0.378 e. The van der Waals surface area contributed by atoms with Gasteiger partial charge in [0.05, 0.1) is 11.4 Å². The third kappa shape index (κ3) is 4.49. The molecule has 0 spiro atoms. The lowest BCUT2D eigenvalue weighted by Gasteiger charge is -2.33. The van der Waals surface area contributed by atoms with Crippen LogP contribution in [-0.4, -0.2) is 54.4 Å². The number of benzene rings is 1. The number of hydrogen-bond donors (Lipinski definition) is 2. The van der Waals surface area contributed by atoms with E-state index in [1.165, 1.54) is 23.2 Å². The van der Waals surface area contributed by atoms with Crippen molar-refractivity contribution in [3.05, 3.63) is 47.0 Å². The first-order chi connectivity index (χ1) is 15.4. The lowest BCUT2D eigenvalue weighted by Crippen LogP contribution is -2.38. The number of hydrazone groups is 1. The highest BCUT2D eigenvalue weighted by Crippen LogP contribution is 2.22. The van der Waals surface area contributed by atoms with Crippen LogP contribution in [-0.2, 0) is 6.54 Å². The van der Waals surface area contributed by atoms with Crippen molar-refractivity contribution in [1.29, 1.82) is 0 Å². The van der Waals surface area contributed by atoms with E-state index >= 15 is 0 Å². The maximum Gasteiger partial charge on any atom is 0.293 e. The Morgan fingerprint density at radius 3 is 2.78 bits per heavy atom. The molecule has 0 radical (unpaired) electrons. The van der Waals surface area contributed by atoms with Crippen LogP contribution in [0.5, 0.6) is 0 Å². The predicted octanol–water partition coefficient (Wildman–Crippen LogP) is 1.90. The van der Waals surface area contributed by atoms with Crippen molar-refractivity contribution in [1.82, 2.24) is 35.6 Å². The van der Waals surface area contributed by atoms with Gasteiger partial charge in [0, 0.05) is 12.6 Å². The Balaban J connectivity index is 1.61. The molecule has 1 atom stereocenters. The van der Waals surface area contributed by atoms with E-state index in [-0.39, 0.29) is 23.1 Å². The van der Waals surface area contributed by atoms with E-state index < -0.39 is 5.91 Å². The summed E-state index contributed by atoms with van der Waals surface area (Å²) in [6, 6.07) is 6.17. The average Bonchev–Trinajstić information content (AvgIpc) is 3.39. The van der Waals surface area contributed by atoms with Crippen LogP contribution in [0.3, 0.4) is 0 Å². The lowest BCUT2D eigenvalue weighted by atomic mass is 10.0. The second-order valence-electron chi connectivity index (χ2n) is 7.73. The fourth-order valence-corrected chi connectivity index (χ4v) is 3.66. The molecule has 1 amide bonds. The Kier molecular flexibility index (Phi) is 6.21. The van der Waals surface area contributed by atoms with E-state index in [1.54, 1.807) is 19.1 Å². The van der Waals surface area contributed by atoms with Gasteiger partial charge in [0.2, 0.25) is 11.6 Å². The fraction of sp³-hybridized carbons (Fsp3) is 0.400. The molecule has 1 fully saturated rings. The summed E-state index contributed by atoms with van der Waals surface area (Å²) in [5.41, 5.74) is 10.1. The van der Waals surface area contributed by atoms with Gasteiger partial charge >= 0.3 is 0 Å². The van der Waals surface area contributed by atoms with Gasteiger partial charge in [-0.2, -0.15) is 9.78 Å². The van der Waals surface area contributed by atoms with Crippen molar-refractivity contribution in [3.63, 3.8) is 0 Å². The molecule has 32 heavy (non-hydrogen) atoms. The van der Waals surface area contributed by atoms with Crippen LogP contribution < -0.4 is 11.2 Å². The lowest BCUT2D eigenvalue weighted by molar-refractivity contribution is 0.0944. The number of nitrogens with two attached hydrogens (primary N) is 1. The highest BCUT2D eigenvalue weighted by Gasteiger charge is 2.28. The molecule has 0 unspecified atom stereocenters. The minimum atomic E-state index is -0.535. The summed E-state index contributed by atoms with van der Waals surface area (Å²) in [5, 5.41) is 19.6. The molecule has 0 saturated carbocycles. The molecule has 3 aromatic rings. The summed E-state index contributed by atoms with van der Waals surface area (Å²) in [5.74, 6) is -0.671. The number of anilines is 1. The summed E-state index contributed by atoms with van der Waals surface area (Å²) in [4.78, 5) is 15.2. The smallest absolute Gasteiger partial charge is 0.293 e. The normalized spacial score (nSPS) is 17.5. The average molecular weight is 441 g/mol. The van der Waals surface area contributed by atoms with E-state index in [2.05, 4.69) is 43.0 Å². The molecule has 11 nitrogen and oxygen atoms in total. The van der Waals surface area contributed by atoms with Crippen LogP contribution in [0.2, 0.25) is 0 Å². The number of nitrogens with zero attached hydrogens (tertiary/aromatic N) is 7. The van der Waals surface area contributed by atoms with Crippen LogP contribution in [0.15, 0.2) is 34.0 Å². The third-order valence-corrected chi connectivity index (χ3v) is 5.56. The highest BCUT2D eigenvalue weighted by molar-refractivity contribution is 6.00. The van der Waals surface area contributed by atoms with Gasteiger partial charge in [-0.05, 0) is 61.2 Å². The van der Waals surface area contributed by atoms with Crippen molar-refractivity contribution in [2.45, 2.75) is 45.7 Å². The van der Waals surface area contributed by atoms with Gasteiger partial charge in [0.1, 0.15) is 5.82 Å². The summed E-state index contributed by atoms with van der Waals surface area (Å²) in [6.45, 7) is 5.17. The monoisotopic (exact) mass is 441 g/mol. The van der Waals surface area contributed by atoms with Crippen molar-refractivity contribution in [2.24, 2.45) is 5.10 Å². The van der Waals surface area contributed by atoms with E-state index in [1.807, 2.05) is 0 Å². The highest BCUT2D eigenvalue weighted by atomic mass is 19.1. The molecular weight excluding hydrogens is 417 g/mol. The molecule has 1 aliphatic rings. The first-order valence-corrected chi connectivity index (χ1v) is 10.3. The Bertz CT molecular complexity index is 1120. The number of amides is 1. The zero-order valence-corrected chi connectivity index (χ0v) is 17.8. The van der Waals surface area contributed by atoms with Crippen LogP contribution in [0.4, 0.5) is 10.2 Å². The topological polar surface area (TPSA) is 140 Å². The van der Waals surface area contributed by atoms with Crippen LogP contribution in [0.25, 0.3) is 5.82 Å². The van der Waals surface area contributed by atoms with Crippen LogP contribution in [0, 0.1) is 5.82 Å². The number of nitrogen functional groups attached to an aromatic ring is 1. The Morgan fingerprint density at radius 2 is 2.09 bits per heavy atom. The maximum absolute atomic E-state index is 13.1. The summed E-state index contributed by atoms with van der Waals surface area (Å²) in [6.07, 6.45) is 3.31. The number of aromatic nitrogens is 5. The molecule has 1 aromatic carbocycles. The number of carbonyl (C=O) groups excluding carboxylic acids is 1. The Morgan fingerprint density at radius 1 is 1.31 bits per heavy atom. The van der Waals surface area contributed by atoms with E-state index in [0.29, 0.717) is 29.6 Å². The summed E-state index contributed by atoms with van der Waals surface area (Å²) >= 11 is 0. The van der Waals surface area contributed by atoms with Gasteiger partial charge in [0.15, 0.2) is 5.69 Å². The first-order valence-electron chi connectivity index (χ1n) is 10.3. The van der Waals surface area contributed by atoms with Crippen molar-refractivity contribution in [2.75, 3.05) is 12.3 Å².